The molecule has 1 atom stereocenters. The molecule has 2 N–H and O–H groups in total. The molecule has 1 heterocycles. The van der Waals surface area contributed by atoms with Crippen LogP contribution in [0.1, 0.15) is 23.8 Å². The molecule has 0 saturated carbocycles. The number of aliphatic hydroxyl groups is 1. The van der Waals surface area contributed by atoms with Gasteiger partial charge in [-0.3, -0.25) is 14.9 Å². The maximum atomic E-state index is 12.1. The minimum absolute atomic E-state index is 0.129. The lowest BCUT2D eigenvalue weighted by atomic mass is 10.3. The molecule has 1 rings (SSSR count). The number of hydrogen-bond donors (Lipinski definition) is 2. The summed E-state index contributed by atoms with van der Waals surface area (Å²) in [5.74, 6) is -0.470. The van der Waals surface area contributed by atoms with Crippen LogP contribution in [0.5, 0.6) is 0 Å². The summed E-state index contributed by atoms with van der Waals surface area (Å²) in [7, 11) is 1.46. The van der Waals surface area contributed by atoms with Crippen LogP contribution in [0.4, 0.5) is 5.69 Å². The van der Waals surface area contributed by atoms with Crippen molar-refractivity contribution in [2.45, 2.75) is 25.9 Å². The van der Waals surface area contributed by atoms with E-state index >= 15 is 0 Å². The van der Waals surface area contributed by atoms with Gasteiger partial charge < -0.3 is 19.7 Å². The summed E-state index contributed by atoms with van der Waals surface area (Å²) in [5.41, 5.74) is 0.0731. The van der Waals surface area contributed by atoms with Crippen LogP contribution < -0.4 is 5.32 Å². The SMILES string of the molecule is CCCn1cc([N+](=O)[O-])cc1C(=O)NC(CO)COC. The van der Waals surface area contributed by atoms with Crippen LogP contribution >= 0.6 is 0 Å². The van der Waals surface area contributed by atoms with Crippen molar-refractivity contribution in [2.75, 3.05) is 20.3 Å². The van der Waals surface area contributed by atoms with Crippen LogP contribution in [-0.4, -0.2) is 46.9 Å². The first kappa shape index (κ1) is 16.1. The van der Waals surface area contributed by atoms with E-state index in [-0.39, 0.29) is 24.6 Å². The summed E-state index contributed by atoms with van der Waals surface area (Å²) in [6.07, 6.45) is 2.08. The Balaban J connectivity index is 2.92. The van der Waals surface area contributed by atoms with Gasteiger partial charge in [0.15, 0.2) is 0 Å². The zero-order valence-corrected chi connectivity index (χ0v) is 11.5. The Bertz CT molecular complexity index is 472. The fourth-order valence-corrected chi connectivity index (χ4v) is 1.81. The fourth-order valence-electron chi connectivity index (χ4n) is 1.81. The molecule has 0 radical (unpaired) electrons. The predicted octanol–water partition coefficient (Wildman–Crippen LogP) is 0.543. The van der Waals surface area contributed by atoms with E-state index in [1.54, 1.807) is 0 Å². The summed E-state index contributed by atoms with van der Waals surface area (Å²) >= 11 is 0. The molecular formula is C12H19N3O5. The predicted molar refractivity (Wildman–Crippen MR) is 71.6 cm³/mol. The summed E-state index contributed by atoms with van der Waals surface area (Å²) < 4.78 is 6.40. The highest BCUT2D eigenvalue weighted by Crippen LogP contribution is 2.17. The maximum absolute atomic E-state index is 12.1. The number of aromatic nitrogens is 1. The van der Waals surface area contributed by atoms with E-state index in [0.717, 1.165) is 6.42 Å². The monoisotopic (exact) mass is 285 g/mol. The highest BCUT2D eigenvalue weighted by molar-refractivity contribution is 5.93. The number of hydrogen-bond acceptors (Lipinski definition) is 5. The molecule has 8 heteroatoms. The molecule has 1 unspecified atom stereocenters. The van der Waals surface area contributed by atoms with E-state index in [9.17, 15) is 14.9 Å². The number of nitro groups is 1. The smallest absolute Gasteiger partial charge is 0.287 e. The molecular weight excluding hydrogens is 266 g/mol. The molecule has 0 fully saturated rings. The Kier molecular flexibility index (Phi) is 6.13. The minimum atomic E-state index is -0.545. The second kappa shape index (κ2) is 7.61. The van der Waals surface area contributed by atoms with E-state index in [0.29, 0.717) is 6.54 Å². The van der Waals surface area contributed by atoms with Gasteiger partial charge in [0.2, 0.25) is 0 Å². The van der Waals surface area contributed by atoms with Gasteiger partial charge in [0.1, 0.15) is 5.69 Å². The van der Waals surface area contributed by atoms with Gasteiger partial charge in [0.05, 0.1) is 30.4 Å². The van der Waals surface area contributed by atoms with Crippen LogP contribution in [0.25, 0.3) is 0 Å². The first-order valence-corrected chi connectivity index (χ1v) is 6.28. The molecule has 0 aliphatic rings. The molecule has 0 spiro atoms. The van der Waals surface area contributed by atoms with Crippen LogP contribution in [0.2, 0.25) is 0 Å². The van der Waals surface area contributed by atoms with Crippen LogP contribution in [-0.2, 0) is 11.3 Å². The number of nitrogens with zero attached hydrogens (tertiary/aromatic N) is 2. The number of rotatable bonds is 8. The number of carbonyl (C=O) groups excluding carboxylic acids is 1. The lowest BCUT2D eigenvalue weighted by molar-refractivity contribution is -0.384. The quantitative estimate of drug-likeness (QED) is 0.535. The van der Waals surface area contributed by atoms with Crippen molar-refractivity contribution < 1.29 is 19.6 Å². The topological polar surface area (TPSA) is 107 Å². The maximum Gasteiger partial charge on any atom is 0.287 e. The van der Waals surface area contributed by atoms with E-state index in [1.165, 1.54) is 23.9 Å². The lowest BCUT2D eigenvalue weighted by Crippen LogP contribution is -2.41. The van der Waals surface area contributed by atoms with Gasteiger partial charge in [0.25, 0.3) is 11.6 Å². The molecule has 1 aromatic heterocycles. The average molecular weight is 285 g/mol. The molecule has 0 aromatic carbocycles. The Morgan fingerprint density at radius 1 is 1.65 bits per heavy atom. The third kappa shape index (κ3) is 4.04. The summed E-state index contributed by atoms with van der Waals surface area (Å²) in [5, 5.41) is 22.5. The lowest BCUT2D eigenvalue weighted by Gasteiger charge is -2.15. The third-order valence-corrected chi connectivity index (χ3v) is 2.71. The zero-order valence-electron chi connectivity index (χ0n) is 11.5. The van der Waals surface area contributed by atoms with Crippen LogP contribution in [0.3, 0.4) is 0 Å². The van der Waals surface area contributed by atoms with Crippen molar-refractivity contribution in [1.29, 1.82) is 0 Å². The number of aryl methyl sites for hydroxylation is 1. The van der Waals surface area contributed by atoms with Crippen molar-refractivity contribution in [3.63, 3.8) is 0 Å². The van der Waals surface area contributed by atoms with Crippen molar-refractivity contribution in [3.05, 3.63) is 28.1 Å². The molecule has 8 nitrogen and oxygen atoms in total. The summed E-state index contributed by atoms with van der Waals surface area (Å²) in [4.78, 5) is 22.3. The fraction of sp³-hybridized carbons (Fsp3) is 0.583. The van der Waals surface area contributed by atoms with Gasteiger partial charge in [-0.2, -0.15) is 0 Å². The van der Waals surface area contributed by atoms with Crippen LogP contribution in [0.15, 0.2) is 12.3 Å². The highest BCUT2D eigenvalue weighted by atomic mass is 16.6. The van der Waals surface area contributed by atoms with Crippen molar-refractivity contribution in [3.8, 4) is 0 Å². The first-order chi connectivity index (χ1) is 9.53. The number of amides is 1. The molecule has 1 aromatic rings. The second-order valence-electron chi connectivity index (χ2n) is 4.34. The van der Waals surface area contributed by atoms with Gasteiger partial charge in [-0.25, -0.2) is 0 Å². The van der Waals surface area contributed by atoms with Gasteiger partial charge in [-0.1, -0.05) is 6.92 Å². The number of nitrogens with one attached hydrogen (secondary N) is 1. The normalized spacial score (nSPS) is 12.2. The van der Waals surface area contributed by atoms with Gasteiger partial charge in [-0.15, -0.1) is 0 Å². The number of methoxy groups -OCH3 is 1. The number of aliphatic hydroxyl groups excluding tert-OH is 1. The number of ether oxygens (including phenoxy) is 1. The Hall–Kier alpha value is -1.93. The second-order valence-corrected chi connectivity index (χ2v) is 4.34. The third-order valence-electron chi connectivity index (χ3n) is 2.71. The van der Waals surface area contributed by atoms with Crippen molar-refractivity contribution >= 4 is 11.6 Å². The van der Waals surface area contributed by atoms with Gasteiger partial charge in [0, 0.05) is 19.7 Å². The molecule has 20 heavy (non-hydrogen) atoms. The summed E-state index contributed by atoms with van der Waals surface area (Å²) in [6, 6.07) is 0.684. The van der Waals surface area contributed by atoms with Crippen molar-refractivity contribution in [2.24, 2.45) is 0 Å². The standard InChI is InChI=1S/C12H19N3O5/c1-3-4-14-6-10(15(18)19)5-11(14)12(17)13-9(7-16)8-20-2/h5-6,9,16H,3-4,7-8H2,1-2H3,(H,13,17). The van der Waals surface area contributed by atoms with Crippen LogP contribution in [0, 0.1) is 10.1 Å². The largest absolute Gasteiger partial charge is 0.394 e. The molecule has 0 aliphatic carbocycles. The molecule has 0 bridgehead atoms. The van der Waals surface area contributed by atoms with E-state index in [4.69, 9.17) is 9.84 Å². The molecule has 112 valence electrons. The Morgan fingerprint density at radius 2 is 2.35 bits per heavy atom. The number of carbonyl (C=O) groups is 1. The van der Waals surface area contributed by atoms with E-state index in [1.807, 2.05) is 6.92 Å². The molecule has 0 saturated heterocycles. The van der Waals surface area contributed by atoms with E-state index in [2.05, 4.69) is 5.32 Å². The molecule has 0 aliphatic heterocycles. The Labute approximate surface area is 116 Å². The minimum Gasteiger partial charge on any atom is -0.394 e. The average Bonchev–Trinajstić information content (AvgIpc) is 2.83. The zero-order chi connectivity index (χ0) is 15.1. The van der Waals surface area contributed by atoms with E-state index < -0.39 is 16.9 Å². The van der Waals surface area contributed by atoms with Gasteiger partial charge in [-0.05, 0) is 6.42 Å². The van der Waals surface area contributed by atoms with Gasteiger partial charge >= 0.3 is 0 Å². The first-order valence-electron chi connectivity index (χ1n) is 6.28. The highest BCUT2D eigenvalue weighted by Gasteiger charge is 2.21. The summed E-state index contributed by atoms with van der Waals surface area (Å²) in [6.45, 7) is 2.31. The Morgan fingerprint density at radius 3 is 2.85 bits per heavy atom. The molecule has 1 amide bonds. The van der Waals surface area contributed by atoms with Crippen molar-refractivity contribution in [1.82, 2.24) is 9.88 Å².